The van der Waals surface area contributed by atoms with Gasteiger partial charge in [0.1, 0.15) is 0 Å². The van der Waals surface area contributed by atoms with E-state index in [0.29, 0.717) is 19.6 Å². The van der Waals surface area contributed by atoms with Crippen LogP contribution in [0.15, 0.2) is 0 Å². The Balaban J connectivity index is 2.20. The van der Waals surface area contributed by atoms with Crippen molar-refractivity contribution in [3.63, 3.8) is 0 Å². The van der Waals surface area contributed by atoms with Crippen LogP contribution in [0.2, 0.25) is 0 Å². The van der Waals surface area contributed by atoms with Crippen LogP contribution in [0.1, 0.15) is 45.4 Å². The van der Waals surface area contributed by atoms with Gasteiger partial charge in [0.15, 0.2) is 9.84 Å². The minimum atomic E-state index is -3.10. The van der Waals surface area contributed by atoms with E-state index in [1.807, 2.05) is 6.92 Å². The molecule has 1 heterocycles. The van der Waals surface area contributed by atoms with Gasteiger partial charge >= 0.3 is 0 Å². The molecule has 4 atom stereocenters. The van der Waals surface area contributed by atoms with Crippen molar-refractivity contribution in [1.82, 2.24) is 0 Å². The van der Waals surface area contributed by atoms with E-state index in [-0.39, 0.29) is 22.5 Å². The van der Waals surface area contributed by atoms with Crippen molar-refractivity contribution in [3.05, 3.63) is 0 Å². The maximum absolute atomic E-state index is 12.8. The monoisotopic (exact) mass is 275 g/mol. The molecule has 2 rings (SSSR count). The number of nitrogens with two attached hydrogens (primary N) is 1. The molecule has 0 aromatic carbocycles. The fraction of sp³-hybridized carbons (Fsp3) is 1.00. The van der Waals surface area contributed by atoms with E-state index in [2.05, 4.69) is 0 Å². The number of ether oxygens (including phenoxy) is 1. The van der Waals surface area contributed by atoms with Crippen LogP contribution in [0.5, 0.6) is 0 Å². The largest absolute Gasteiger partial charge is 0.377 e. The van der Waals surface area contributed by atoms with Gasteiger partial charge in [-0.25, -0.2) is 8.42 Å². The average molecular weight is 275 g/mol. The summed E-state index contributed by atoms with van der Waals surface area (Å²) in [6, 6.07) is 0. The molecule has 2 N–H and O–H groups in total. The Bertz CT molecular complexity index is 368. The Labute approximate surface area is 110 Å². The van der Waals surface area contributed by atoms with Crippen molar-refractivity contribution in [2.45, 2.75) is 62.1 Å². The Morgan fingerprint density at radius 3 is 2.44 bits per heavy atom. The first kappa shape index (κ1) is 14.3. The van der Waals surface area contributed by atoms with Gasteiger partial charge in [0, 0.05) is 6.61 Å². The summed E-state index contributed by atoms with van der Waals surface area (Å²) in [5, 5.41) is -0.547. The van der Waals surface area contributed by atoms with Gasteiger partial charge in [-0.1, -0.05) is 19.3 Å². The number of hydrogen-bond donors (Lipinski definition) is 1. The smallest absolute Gasteiger partial charge is 0.158 e. The molecular formula is C13H25NO3S. The first-order chi connectivity index (χ1) is 8.57. The summed E-state index contributed by atoms with van der Waals surface area (Å²) in [5.41, 5.74) is 5.80. The summed E-state index contributed by atoms with van der Waals surface area (Å²) in [5.74, 6) is 0.144. The van der Waals surface area contributed by atoms with Crippen molar-refractivity contribution in [2.24, 2.45) is 11.7 Å². The van der Waals surface area contributed by atoms with Gasteiger partial charge in [0.2, 0.25) is 0 Å². The molecule has 18 heavy (non-hydrogen) atoms. The highest BCUT2D eigenvalue weighted by Gasteiger charge is 2.43. The zero-order valence-electron chi connectivity index (χ0n) is 11.2. The van der Waals surface area contributed by atoms with Crippen molar-refractivity contribution in [1.29, 1.82) is 0 Å². The van der Waals surface area contributed by atoms with Gasteiger partial charge in [-0.05, 0) is 38.6 Å². The van der Waals surface area contributed by atoms with Crippen molar-refractivity contribution < 1.29 is 13.2 Å². The highest BCUT2D eigenvalue weighted by Crippen LogP contribution is 2.33. The van der Waals surface area contributed by atoms with Crippen molar-refractivity contribution in [3.8, 4) is 0 Å². The molecule has 1 aliphatic carbocycles. The lowest BCUT2D eigenvalue weighted by Crippen LogP contribution is -2.42. The fourth-order valence-corrected chi connectivity index (χ4v) is 6.19. The summed E-state index contributed by atoms with van der Waals surface area (Å²) in [6.07, 6.45) is 5.51. The predicted octanol–water partition coefficient (Wildman–Crippen LogP) is 1.49. The summed E-state index contributed by atoms with van der Waals surface area (Å²) in [4.78, 5) is 0. The molecule has 106 valence electrons. The lowest BCUT2D eigenvalue weighted by atomic mass is 10.0. The molecule has 1 aliphatic heterocycles. The van der Waals surface area contributed by atoms with Crippen LogP contribution in [0.25, 0.3) is 0 Å². The molecule has 1 saturated carbocycles. The Morgan fingerprint density at radius 2 is 1.83 bits per heavy atom. The molecule has 4 nitrogen and oxygen atoms in total. The van der Waals surface area contributed by atoms with E-state index in [4.69, 9.17) is 10.5 Å². The van der Waals surface area contributed by atoms with E-state index < -0.39 is 9.84 Å². The first-order valence-corrected chi connectivity index (χ1v) is 8.72. The summed E-state index contributed by atoms with van der Waals surface area (Å²) < 4.78 is 31.0. The van der Waals surface area contributed by atoms with Crippen LogP contribution < -0.4 is 5.73 Å². The predicted molar refractivity (Wildman–Crippen MR) is 72.2 cm³/mol. The maximum Gasteiger partial charge on any atom is 0.158 e. The van der Waals surface area contributed by atoms with Gasteiger partial charge in [-0.2, -0.15) is 0 Å². The van der Waals surface area contributed by atoms with E-state index >= 15 is 0 Å². The summed E-state index contributed by atoms with van der Waals surface area (Å²) >= 11 is 0. The molecule has 0 aromatic rings. The second-order valence-corrected chi connectivity index (χ2v) is 8.05. The van der Waals surface area contributed by atoms with Crippen LogP contribution in [-0.4, -0.2) is 38.2 Å². The standard InChI is InChI=1S/C13H25NO3S/c1-10-12(7-8-17-10)18(15,16)13-6-4-2-3-5-11(13)9-14/h10-13H,2-9,14H2,1H3. The summed E-state index contributed by atoms with van der Waals surface area (Å²) in [6.45, 7) is 2.94. The van der Waals surface area contributed by atoms with Crippen LogP contribution in [0.4, 0.5) is 0 Å². The molecule has 0 radical (unpaired) electrons. The lowest BCUT2D eigenvalue weighted by Gasteiger charge is -2.28. The molecule has 2 fully saturated rings. The molecule has 0 spiro atoms. The van der Waals surface area contributed by atoms with Gasteiger partial charge in [-0.3, -0.25) is 0 Å². The molecule has 0 aromatic heterocycles. The van der Waals surface area contributed by atoms with E-state index in [9.17, 15) is 8.42 Å². The Kier molecular flexibility index (Phi) is 4.67. The summed E-state index contributed by atoms with van der Waals surface area (Å²) in [7, 11) is -3.10. The van der Waals surface area contributed by atoms with E-state index in [1.54, 1.807) is 0 Å². The Morgan fingerprint density at radius 1 is 1.11 bits per heavy atom. The highest BCUT2D eigenvalue weighted by atomic mass is 32.2. The quantitative estimate of drug-likeness (QED) is 0.792. The number of hydrogen-bond acceptors (Lipinski definition) is 4. The average Bonchev–Trinajstić information content (AvgIpc) is 2.65. The molecule has 0 bridgehead atoms. The normalized spacial score (nSPS) is 38.6. The highest BCUT2D eigenvalue weighted by molar-refractivity contribution is 7.92. The van der Waals surface area contributed by atoms with Crippen molar-refractivity contribution in [2.75, 3.05) is 13.2 Å². The fourth-order valence-electron chi connectivity index (χ4n) is 3.42. The van der Waals surface area contributed by atoms with E-state index in [1.165, 1.54) is 0 Å². The number of sulfone groups is 1. The topological polar surface area (TPSA) is 69.4 Å². The maximum atomic E-state index is 12.8. The molecule has 0 amide bonds. The molecule has 4 unspecified atom stereocenters. The molecular weight excluding hydrogens is 250 g/mol. The number of rotatable bonds is 3. The SMILES string of the molecule is CC1OCCC1S(=O)(=O)C1CCCCCC1CN. The molecule has 1 saturated heterocycles. The molecule has 2 aliphatic rings. The third-order valence-corrected chi connectivity index (χ3v) is 7.47. The lowest BCUT2D eigenvalue weighted by molar-refractivity contribution is 0.126. The zero-order valence-corrected chi connectivity index (χ0v) is 12.0. The van der Waals surface area contributed by atoms with Crippen LogP contribution in [-0.2, 0) is 14.6 Å². The third kappa shape index (κ3) is 2.73. The second kappa shape index (κ2) is 5.88. The van der Waals surface area contributed by atoms with Gasteiger partial charge in [-0.15, -0.1) is 0 Å². The van der Waals surface area contributed by atoms with Gasteiger partial charge in [0.25, 0.3) is 0 Å². The Hall–Kier alpha value is -0.130. The van der Waals surface area contributed by atoms with Crippen LogP contribution >= 0.6 is 0 Å². The van der Waals surface area contributed by atoms with Crippen LogP contribution in [0.3, 0.4) is 0 Å². The second-order valence-electron chi connectivity index (χ2n) is 5.66. The van der Waals surface area contributed by atoms with Gasteiger partial charge < -0.3 is 10.5 Å². The minimum absolute atomic E-state index is 0.144. The first-order valence-electron chi connectivity index (χ1n) is 7.11. The van der Waals surface area contributed by atoms with Gasteiger partial charge in [0.05, 0.1) is 16.6 Å². The van der Waals surface area contributed by atoms with E-state index in [0.717, 1.165) is 32.1 Å². The van der Waals surface area contributed by atoms with Crippen LogP contribution in [0, 0.1) is 5.92 Å². The van der Waals surface area contributed by atoms with Crippen molar-refractivity contribution >= 4 is 9.84 Å². The molecule has 5 heteroatoms. The third-order valence-electron chi connectivity index (χ3n) is 4.54. The minimum Gasteiger partial charge on any atom is -0.377 e. The zero-order chi connectivity index (χ0) is 13.2.